The Morgan fingerprint density at radius 1 is 1.43 bits per heavy atom. The molecule has 3 N–H and O–H groups in total. The number of carbonyl (C=O) groups excluding carboxylic acids is 1. The van der Waals surface area contributed by atoms with Gasteiger partial charge in [0, 0.05) is 31.7 Å². The van der Waals surface area contributed by atoms with Crippen molar-refractivity contribution >= 4 is 34.0 Å². The molecule has 1 unspecified atom stereocenters. The SMILES string of the molecule is CC(=O)N1CCc2ccc(S(=O)(=O)NC(CN)C3CC3)cc21.Cl. The normalized spacial score (nSPS) is 18.3. The van der Waals surface area contributed by atoms with Gasteiger partial charge in [0.25, 0.3) is 0 Å². The van der Waals surface area contributed by atoms with Crippen LogP contribution < -0.4 is 15.4 Å². The van der Waals surface area contributed by atoms with Crippen LogP contribution >= 0.6 is 12.4 Å². The molecule has 3 rings (SSSR count). The third-order valence-corrected chi connectivity index (χ3v) is 5.88. The van der Waals surface area contributed by atoms with Crippen molar-refractivity contribution in [3.8, 4) is 0 Å². The number of fused-ring (bicyclic) bond motifs is 1. The Labute approximate surface area is 142 Å². The summed E-state index contributed by atoms with van der Waals surface area (Å²) >= 11 is 0. The van der Waals surface area contributed by atoms with E-state index in [0.29, 0.717) is 24.7 Å². The van der Waals surface area contributed by atoms with Gasteiger partial charge in [0.05, 0.1) is 4.90 Å². The number of halogens is 1. The number of carbonyl (C=O) groups is 1. The first kappa shape index (κ1) is 18.2. The summed E-state index contributed by atoms with van der Waals surface area (Å²) in [6.45, 7) is 2.40. The molecule has 0 bridgehead atoms. The van der Waals surface area contributed by atoms with E-state index in [2.05, 4.69) is 4.72 Å². The lowest BCUT2D eigenvalue weighted by Crippen LogP contribution is -2.41. The number of sulfonamides is 1. The number of benzene rings is 1. The fraction of sp³-hybridized carbons (Fsp3) is 0.533. The van der Waals surface area contributed by atoms with Gasteiger partial charge in [-0.05, 0) is 42.9 Å². The number of rotatable bonds is 5. The van der Waals surface area contributed by atoms with E-state index in [-0.39, 0.29) is 29.3 Å². The Morgan fingerprint density at radius 2 is 2.13 bits per heavy atom. The number of amides is 1. The molecule has 1 amide bonds. The average molecular weight is 360 g/mol. The van der Waals surface area contributed by atoms with Gasteiger partial charge in [-0.15, -0.1) is 12.4 Å². The quantitative estimate of drug-likeness (QED) is 0.821. The van der Waals surface area contributed by atoms with Crippen LogP contribution in [0.1, 0.15) is 25.3 Å². The van der Waals surface area contributed by atoms with Gasteiger partial charge < -0.3 is 10.6 Å². The van der Waals surface area contributed by atoms with Crippen LogP contribution in [0.5, 0.6) is 0 Å². The lowest BCUT2D eigenvalue weighted by molar-refractivity contribution is -0.116. The van der Waals surface area contributed by atoms with Crippen LogP contribution in [-0.2, 0) is 21.2 Å². The molecule has 1 saturated carbocycles. The minimum Gasteiger partial charge on any atom is -0.329 e. The zero-order valence-electron chi connectivity index (χ0n) is 13.0. The van der Waals surface area contributed by atoms with Crippen molar-refractivity contribution in [2.45, 2.75) is 37.1 Å². The van der Waals surface area contributed by atoms with Crippen molar-refractivity contribution in [3.05, 3.63) is 23.8 Å². The highest BCUT2D eigenvalue weighted by molar-refractivity contribution is 7.89. The van der Waals surface area contributed by atoms with E-state index in [9.17, 15) is 13.2 Å². The van der Waals surface area contributed by atoms with Crippen molar-refractivity contribution in [1.29, 1.82) is 0 Å². The number of nitrogens with zero attached hydrogens (tertiary/aromatic N) is 1. The summed E-state index contributed by atoms with van der Waals surface area (Å²) in [5.41, 5.74) is 7.38. The molecule has 1 aliphatic carbocycles. The van der Waals surface area contributed by atoms with Crippen LogP contribution in [0.15, 0.2) is 23.1 Å². The van der Waals surface area contributed by atoms with E-state index >= 15 is 0 Å². The monoisotopic (exact) mass is 359 g/mol. The summed E-state index contributed by atoms with van der Waals surface area (Å²) < 4.78 is 27.8. The highest BCUT2D eigenvalue weighted by Crippen LogP contribution is 2.34. The van der Waals surface area contributed by atoms with E-state index in [1.807, 2.05) is 0 Å². The maximum Gasteiger partial charge on any atom is 0.240 e. The molecule has 0 spiro atoms. The number of anilines is 1. The number of hydrogen-bond donors (Lipinski definition) is 2. The van der Waals surface area contributed by atoms with Gasteiger partial charge in [-0.2, -0.15) is 0 Å². The maximum atomic E-state index is 12.5. The van der Waals surface area contributed by atoms with Gasteiger partial charge in [0.15, 0.2) is 0 Å². The highest BCUT2D eigenvalue weighted by atomic mass is 35.5. The summed E-state index contributed by atoms with van der Waals surface area (Å²) in [4.78, 5) is 13.4. The van der Waals surface area contributed by atoms with Gasteiger partial charge in [-0.3, -0.25) is 4.79 Å². The topological polar surface area (TPSA) is 92.5 Å². The van der Waals surface area contributed by atoms with Gasteiger partial charge in [-0.1, -0.05) is 6.07 Å². The molecule has 1 aliphatic heterocycles. The molecule has 6 nitrogen and oxygen atoms in total. The van der Waals surface area contributed by atoms with E-state index in [1.54, 1.807) is 23.1 Å². The molecule has 8 heteroatoms. The molecule has 0 aromatic heterocycles. The zero-order valence-corrected chi connectivity index (χ0v) is 14.6. The molecule has 1 heterocycles. The predicted octanol–water partition coefficient (Wildman–Crippen LogP) is 1.03. The number of hydrogen-bond acceptors (Lipinski definition) is 4. The number of nitrogens with one attached hydrogen (secondary N) is 1. The second-order valence-corrected chi connectivity index (χ2v) is 7.73. The van der Waals surface area contributed by atoms with E-state index in [0.717, 1.165) is 24.8 Å². The van der Waals surface area contributed by atoms with Gasteiger partial charge in [0.2, 0.25) is 15.9 Å². The first-order chi connectivity index (χ1) is 10.4. The number of nitrogens with two attached hydrogens (primary N) is 1. The molecule has 0 saturated heterocycles. The largest absolute Gasteiger partial charge is 0.329 e. The molecule has 128 valence electrons. The van der Waals surface area contributed by atoms with Crippen LogP contribution in [-0.4, -0.2) is 33.5 Å². The lowest BCUT2D eigenvalue weighted by Gasteiger charge is -2.18. The molecule has 1 aromatic carbocycles. The highest BCUT2D eigenvalue weighted by Gasteiger charge is 2.34. The third-order valence-electron chi connectivity index (χ3n) is 4.39. The second kappa shape index (κ2) is 6.76. The molecular weight excluding hydrogens is 338 g/mol. The molecule has 0 radical (unpaired) electrons. The fourth-order valence-corrected chi connectivity index (χ4v) is 4.29. The van der Waals surface area contributed by atoms with E-state index in [4.69, 9.17) is 5.73 Å². The van der Waals surface area contributed by atoms with E-state index < -0.39 is 10.0 Å². The Kier molecular flexibility index (Phi) is 5.35. The lowest BCUT2D eigenvalue weighted by atomic mass is 10.2. The molecule has 1 atom stereocenters. The molecular formula is C15H22ClN3O3S. The minimum atomic E-state index is -3.62. The van der Waals surface area contributed by atoms with E-state index in [1.165, 1.54) is 6.92 Å². The van der Waals surface area contributed by atoms with Crippen molar-refractivity contribution in [1.82, 2.24) is 4.72 Å². The van der Waals surface area contributed by atoms with Crippen LogP contribution in [0.2, 0.25) is 0 Å². The standard InChI is InChI=1S/C15H21N3O3S.ClH/c1-10(19)18-7-6-12-4-5-13(8-15(12)18)22(20,21)17-14(9-16)11-2-3-11;/h4-5,8,11,14,17H,2-3,6-7,9,16H2,1H3;1H. The average Bonchev–Trinajstić information content (AvgIpc) is 3.22. The van der Waals surface area contributed by atoms with Crippen LogP contribution in [0, 0.1) is 5.92 Å². The minimum absolute atomic E-state index is 0. The van der Waals surface area contributed by atoms with Crippen LogP contribution in [0.25, 0.3) is 0 Å². The summed E-state index contributed by atoms with van der Waals surface area (Å²) in [6, 6.07) is 4.78. The van der Waals surface area contributed by atoms with Crippen LogP contribution in [0.3, 0.4) is 0 Å². The van der Waals surface area contributed by atoms with Crippen molar-refractivity contribution in [2.24, 2.45) is 11.7 Å². The van der Waals surface area contributed by atoms with Gasteiger partial charge >= 0.3 is 0 Å². The third kappa shape index (κ3) is 3.68. The van der Waals surface area contributed by atoms with Crippen LogP contribution in [0.4, 0.5) is 5.69 Å². The first-order valence-corrected chi connectivity index (χ1v) is 9.04. The second-order valence-electron chi connectivity index (χ2n) is 6.01. The summed E-state index contributed by atoms with van der Waals surface area (Å²) in [6.07, 6.45) is 2.80. The maximum absolute atomic E-state index is 12.5. The Balaban J connectivity index is 0.00000192. The smallest absolute Gasteiger partial charge is 0.240 e. The Morgan fingerprint density at radius 3 is 2.70 bits per heavy atom. The fourth-order valence-electron chi connectivity index (χ4n) is 2.96. The molecule has 1 fully saturated rings. The van der Waals surface area contributed by atoms with Gasteiger partial charge in [0.1, 0.15) is 0 Å². The summed E-state index contributed by atoms with van der Waals surface area (Å²) in [5, 5.41) is 0. The van der Waals surface area contributed by atoms with Crippen molar-refractivity contribution < 1.29 is 13.2 Å². The van der Waals surface area contributed by atoms with Crippen molar-refractivity contribution in [2.75, 3.05) is 18.0 Å². The molecule has 23 heavy (non-hydrogen) atoms. The van der Waals surface area contributed by atoms with Gasteiger partial charge in [-0.25, -0.2) is 13.1 Å². The predicted molar refractivity (Wildman–Crippen MR) is 91.3 cm³/mol. The van der Waals surface area contributed by atoms with Crippen molar-refractivity contribution in [3.63, 3.8) is 0 Å². The molecule has 1 aromatic rings. The molecule has 2 aliphatic rings. The summed E-state index contributed by atoms with van der Waals surface area (Å²) in [7, 11) is -3.62. The summed E-state index contributed by atoms with van der Waals surface area (Å²) in [5.74, 6) is 0.280. The Hall–Kier alpha value is -1.15. The first-order valence-electron chi connectivity index (χ1n) is 7.56. The Bertz CT molecular complexity index is 704. The zero-order chi connectivity index (χ0) is 15.9.